The fourth-order valence-electron chi connectivity index (χ4n) is 6.15. The van der Waals surface area contributed by atoms with Crippen LogP contribution in [0.5, 0.6) is 0 Å². The highest BCUT2D eigenvalue weighted by Gasteiger charge is 2.55. The standard InChI is InChI=1S/C18H26O2/c1-18-9-8-14-13-5-3-12(19)10-11(13)2-4-15(14)16(18)6-7-17(18)20/h10,13-17,20H,2-9H2,1H3/t13-,14?,15?,16?,17-,18-/m1/s1. The van der Waals surface area contributed by atoms with Gasteiger partial charge in [-0.3, -0.25) is 4.79 Å². The number of aliphatic hydroxyl groups excluding tert-OH is 1. The van der Waals surface area contributed by atoms with Crippen LogP contribution in [0.4, 0.5) is 0 Å². The van der Waals surface area contributed by atoms with E-state index >= 15 is 0 Å². The third-order valence-electron chi connectivity index (χ3n) is 7.25. The smallest absolute Gasteiger partial charge is 0.155 e. The predicted octanol–water partition coefficient (Wildman–Crippen LogP) is 3.49. The summed E-state index contributed by atoms with van der Waals surface area (Å²) in [6.07, 6.45) is 10.9. The number of carbonyl (C=O) groups is 1. The number of aliphatic hydroxyl groups is 1. The van der Waals surface area contributed by atoms with Crippen molar-refractivity contribution in [1.82, 2.24) is 0 Å². The average molecular weight is 274 g/mol. The van der Waals surface area contributed by atoms with Crippen LogP contribution < -0.4 is 0 Å². The number of fused-ring (bicyclic) bond motifs is 5. The summed E-state index contributed by atoms with van der Waals surface area (Å²) in [5.41, 5.74) is 1.65. The van der Waals surface area contributed by atoms with Crippen LogP contribution in [-0.2, 0) is 4.79 Å². The van der Waals surface area contributed by atoms with Gasteiger partial charge in [0, 0.05) is 6.42 Å². The average Bonchev–Trinajstić information content (AvgIpc) is 2.74. The van der Waals surface area contributed by atoms with Crippen molar-refractivity contribution in [1.29, 1.82) is 0 Å². The second-order valence-electron chi connectivity index (χ2n) is 7.94. The molecule has 0 radical (unpaired) electrons. The lowest BCUT2D eigenvalue weighted by atomic mass is 9.52. The molecule has 0 amide bonds. The van der Waals surface area contributed by atoms with E-state index < -0.39 is 0 Å². The van der Waals surface area contributed by atoms with Gasteiger partial charge in [0.05, 0.1) is 6.10 Å². The van der Waals surface area contributed by atoms with Crippen molar-refractivity contribution in [2.45, 2.75) is 64.4 Å². The maximum absolute atomic E-state index is 11.6. The molecule has 4 aliphatic rings. The van der Waals surface area contributed by atoms with Gasteiger partial charge in [-0.25, -0.2) is 0 Å². The van der Waals surface area contributed by atoms with Gasteiger partial charge < -0.3 is 5.11 Å². The highest BCUT2D eigenvalue weighted by Crippen LogP contribution is 2.61. The molecule has 2 nitrogen and oxygen atoms in total. The Kier molecular flexibility index (Phi) is 2.89. The third kappa shape index (κ3) is 1.70. The van der Waals surface area contributed by atoms with Crippen LogP contribution in [0.3, 0.4) is 0 Å². The predicted molar refractivity (Wildman–Crippen MR) is 78.1 cm³/mol. The minimum Gasteiger partial charge on any atom is -0.393 e. The summed E-state index contributed by atoms with van der Waals surface area (Å²) < 4.78 is 0. The molecule has 0 spiro atoms. The zero-order chi connectivity index (χ0) is 13.9. The van der Waals surface area contributed by atoms with E-state index in [1.165, 1.54) is 31.3 Å². The highest BCUT2D eigenvalue weighted by atomic mass is 16.3. The van der Waals surface area contributed by atoms with E-state index in [9.17, 15) is 9.90 Å². The largest absolute Gasteiger partial charge is 0.393 e. The summed E-state index contributed by atoms with van der Waals surface area (Å²) in [4.78, 5) is 11.6. The molecule has 3 saturated carbocycles. The number of ketones is 1. The first-order chi connectivity index (χ1) is 9.59. The van der Waals surface area contributed by atoms with Gasteiger partial charge in [0.1, 0.15) is 0 Å². The van der Waals surface area contributed by atoms with Crippen molar-refractivity contribution in [2.75, 3.05) is 0 Å². The molecule has 2 heteroatoms. The minimum absolute atomic E-state index is 0.0710. The van der Waals surface area contributed by atoms with Crippen LogP contribution in [0.25, 0.3) is 0 Å². The van der Waals surface area contributed by atoms with Gasteiger partial charge in [0.2, 0.25) is 0 Å². The number of rotatable bonds is 0. The molecule has 0 aromatic heterocycles. The Bertz CT molecular complexity index is 466. The van der Waals surface area contributed by atoms with Gasteiger partial charge >= 0.3 is 0 Å². The lowest BCUT2D eigenvalue weighted by molar-refractivity contribution is -0.116. The van der Waals surface area contributed by atoms with E-state index in [4.69, 9.17) is 0 Å². The fraction of sp³-hybridized carbons (Fsp3) is 0.833. The van der Waals surface area contributed by atoms with Crippen molar-refractivity contribution in [3.05, 3.63) is 11.6 Å². The molecule has 20 heavy (non-hydrogen) atoms. The molecule has 3 fully saturated rings. The Balaban J connectivity index is 1.63. The maximum Gasteiger partial charge on any atom is 0.155 e. The van der Waals surface area contributed by atoms with Gasteiger partial charge in [-0.2, -0.15) is 0 Å². The van der Waals surface area contributed by atoms with Crippen LogP contribution in [0.1, 0.15) is 58.3 Å². The van der Waals surface area contributed by atoms with E-state index in [0.29, 0.717) is 11.7 Å². The molecule has 4 rings (SSSR count). The SMILES string of the molecule is C[C@@]12CCC3C(CCC4=CC(=O)CC[C@H]43)C1CC[C@H]2O. The van der Waals surface area contributed by atoms with Crippen molar-refractivity contribution < 1.29 is 9.90 Å². The number of allylic oxidation sites excluding steroid dienone is 1. The summed E-state index contributed by atoms with van der Waals surface area (Å²) in [5, 5.41) is 10.4. The second kappa shape index (κ2) is 4.43. The van der Waals surface area contributed by atoms with E-state index in [1.54, 1.807) is 0 Å². The van der Waals surface area contributed by atoms with Crippen molar-refractivity contribution in [2.24, 2.45) is 29.1 Å². The normalized spacial score (nSPS) is 51.0. The molecule has 3 unspecified atom stereocenters. The fourth-order valence-corrected chi connectivity index (χ4v) is 6.15. The van der Waals surface area contributed by atoms with Crippen molar-refractivity contribution in [3.63, 3.8) is 0 Å². The van der Waals surface area contributed by atoms with E-state index in [-0.39, 0.29) is 11.5 Å². The minimum atomic E-state index is -0.0710. The highest BCUT2D eigenvalue weighted by molar-refractivity contribution is 5.91. The monoisotopic (exact) mass is 274 g/mol. The van der Waals surface area contributed by atoms with Gasteiger partial charge in [0.25, 0.3) is 0 Å². The summed E-state index contributed by atoms with van der Waals surface area (Å²) in [6.45, 7) is 2.33. The van der Waals surface area contributed by atoms with Crippen molar-refractivity contribution in [3.8, 4) is 0 Å². The topological polar surface area (TPSA) is 37.3 Å². The molecular formula is C18H26O2. The number of hydrogen-bond acceptors (Lipinski definition) is 2. The van der Waals surface area contributed by atoms with Gasteiger partial charge in [-0.1, -0.05) is 12.5 Å². The molecule has 4 aliphatic carbocycles. The molecule has 0 aromatic carbocycles. The van der Waals surface area contributed by atoms with Crippen LogP contribution in [-0.4, -0.2) is 17.0 Å². The maximum atomic E-state index is 11.6. The quantitative estimate of drug-likeness (QED) is 0.734. The number of hydrogen-bond donors (Lipinski definition) is 1. The van der Waals surface area contributed by atoms with Gasteiger partial charge in [-0.15, -0.1) is 0 Å². The van der Waals surface area contributed by atoms with E-state index in [2.05, 4.69) is 6.92 Å². The first-order valence-corrected chi connectivity index (χ1v) is 8.51. The lowest BCUT2D eigenvalue weighted by Gasteiger charge is -2.53. The lowest BCUT2D eigenvalue weighted by Crippen LogP contribution is -2.47. The van der Waals surface area contributed by atoms with Crippen LogP contribution in [0.15, 0.2) is 11.6 Å². The zero-order valence-electron chi connectivity index (χ0n) is 12.5. The Morgan fingerprint density at radius 3 is 2.80 bits per heavy atom. The molecule has 0 heterocycles. The molecule has 1 N–H and O–H groups in total. The summed E-state index contributed by atoms with van der Waals surface area (Å²) in [7, 11) is 0. The molecule has 0 aliphatic heterocycles. The molecule has 0 bridgehead atoms. The van der Waals surface area contributed by atoms with Crippen LogP contribution in [0, 0.1) is 29.1 Å². The Morgan fingerprint density at radius 1 is 1.10 bits per heavy atom. The summed E-state index contributed by atoms with van der Waals surface area (Å²) in [5.74, 6) is 3.38. The Morgan fingerprint density at radius 2 is 1.95 bits per heavy atom. The van der Waals surface area contributed by atoms with Crippen LogP contribution in [0.2, 0.25) is 0 Å². The zero-order valence-corrected chi connectivity index (χ0v) is 12.5. The molecule has 0 saturated heterocycles. The Labute approximate surface area is 121 Å². The summed E-state index contributed by atoms with van der Waals surface area (Å²) >= 11 is 0. The number of carbonyl (C=O) groups excluding carboxylic acids is 1. The molecular weight excluding hydrogens is 248 g/mol. The van der Waals surface area contributed by atoms with Crippen molar-refractivity contribution >= 4 is 5.78 Å². The first-order valence-electron chi connectivity index (χ1n) is 8.51. The second-order valence-corrected chi connectivity index (χ2v) is 7.94. The van der Waals surface area contributed by atoms with Crippen LogP contribution >= 0.6 is 0 Å². The molecule has 110 valence electrons. The van der Waals surface area contributed by atoms with Gasteiger partial charge in [-0.05, 0) is 80.1 Å². The Hall–Kier alpha value is -0.630. The van der Waals surface area contributed by atoms with Gasteiger partial charge in [0.15, 0.2) is 5.78 Å². The molecule has 6 atom stereocenters. The molecule has 0 aromatic rings. The summed E-state index contributed by atoms with van der Waals surface area (Å²) in [6, 6.07) is 0. The van der Waals surface area contributed by atoms with E-state index in [1.807, 2.05) is 6.08 Å². The third-order valence-corrected chi connectivity index (χ3v) is 7.25. The van der Waals surface area contributed by atoms with E-state index in [0.717, 1.165) is 43.4 Å². The first kappa shape index (κ1) is 13.1.